The van der Waals surface area contributed by atoms with Crippen LogP contribution in [-0.2, 0) is 0 Å². The molecule has 0 amide bonds. The van der Waals surface area contributed by atoms with Gasteiger partial charge in [-0.3, -0.25) is 0 Å². The normalized spacial score (nSPS) is 12.7. The Bertz CT molecular complexity index is 359. The summed E-state index contributed by atoms with van der Waals surface area (Å²) in [4.78, 5) is 4.69. The van der Waals surface area contributed by atoms with Gasteiger partial charge in [0.2, 0.25) is 0 Å². The summed E-state index contributed by atoms with van der Waals surface area (Å²) >= 11 is 0. The van der Waals surface area contributed by atoms with E-state index < -0.39 is 0 Å². The molecule has 0 heterocycles. The van der Waals surface area contributed by atoms with E-state index in [1.807, 2.05) is 0 Å². The van der Waals surface area contributed by atoms with E-state index in [1.165, 1.54) is 17.7 Å². The number of benzene rings is 1. The topological polar surface area (TPSA) is 18.5 Å². The molecule has 0 radical (unpaired) electrons. The van der Waals surface area contributed by atoms with Crippen molar-refractivity contribution in [2.45, 2.75) is 33.2 Å². The van der Waals surface area contributed by atoms with Crippen molar-refractivity contribution in [2.75, 3.05) is 45.2 Å². The average Bonchev–Trinajstić information content (AvgIpc) is 2.44. The largest absolute Gasteiger partial charge is 0.372 e. The lowest BCUT2D eigenvalue weighted by atomic mass is 10.1. The third-order valence-electron chi connectivity index (χ3n) is 3.68. The minimum absolute atomic E-state index is 0.429. The fraction of sp³-hybridized carbons (Fsp3) is 0.647. The van der Waals surface area contributed by atoms with Gasteiger partial charge in [0, 0.05) is 24.8 Å². The van der Waals surface area contributed by atoms with E-state index in [4.69, 9.17) is 0 Å². The van der Waals surface area contributed by atoms with Gasteiger partial charge in [-0.2, -0.15) is 0 Å². The molecule has 0 aromatic heterocycles. The van der Waals surface area contributed by atoms with Crippen LogP contribution in [0.1, 0.15) is 38.8 Å². The highest BCUT2D eigenvalue weighted by atomic mass is 15.1. The van der Waals surface area contributed by atoms with Crippen LogP contribution in [0.2, 0.25) is 0 Å². The molecule has 1 aromatic carbocycles. The predicted molar refractivity (Wildman–Crippen MR) is 89.6 cm³/mol. The summed E-state index contributed by atoms with van der Waals surface area (Å²) in [5.74, 6) is 0. The van der Waals surface area contributed by atoms with Gasteiger partial charge in [-0.1, -0.05) is 19.1 Å². The van der Waals surface area contributed by atoms with Gasteiger partial charge in [0.15, 0.2) is 0 Å². The third kappa shape index (κ3) is 5.51. The minimum atomic E-state index is 0.429. The molecule has 0 aliphatic rings. The zero-order valence-electron chi connectivity index (χ0n) is 13.8. The zero-order chi connectivity index (χ0) is 15.0. The number of rotatable bonds is 9. The van der Waals surface area contributed by atoms with Crippen molar-refractivity contribution in [1.29, 1.82) is 0 Å². The molecule has 1 rings (SSSR count). The van der Waals surface area contributed by atoms with E-state index in [0.717, 1.165) is 26.2 Å². The first-order valence-corrected chi connectivity index (χ1v) is 7.81. The van der Waals surface area contributed by atoms with Crippen molar-refractivity contribution in [3.63, 3.8) is 0 Å². The molecule has 1 unspecified atom stereocenters. The molecule has 1 N–H and O–H groups in total. The second-order valence-electron chi connectivity index (χ2n) is 5.61. The molecule has 3 nitrogen and oxygen atoms in total. The monoisotopic (exact) mass is 277 g/mol. The molecule has 20 heavy (non-hydrogen) atoms. The highest BCUT2D eigenvalue weighted by Crippen LogP contribution is 2.19. The van der Waals surface area contributed by atoms with Crippen molar-refractivity contribution >= 4 is 5.69 Å². The van der Waals surface area contributed by atoms with E-state index in [2.05, 4.69) is 74.2 Å². The lowest BCUT2D eigenvalue weighted by Gasteiger charge is -2.24. The summed E-state index contributed by atoms with van der Waals surface area (Å²) in [5, 5.41) is 3.45. The molecule has 1 atom stereocenters. The van der Waals surface area contributed by atoms with E-state index in [-0.39, 0.29) is 0 Å². The van der Waals surface area contributed by atoms with Gasteiger partial charge in [0.1, 0.15) is 0 Å². The maximum absolute atomic E-state index is 3.45. The van der Waals surface area contributed by atoms with Crippen molar-refractivity contribution < 1.29 is 0 Å². The second-order valence-corrected chi connectivity index (χ2v) is 5.61. The zero-order valence-corrected chi connectivity index (χ0v) is 13.8. The van der Waals surface area contributed by atoms with Crippen molar-refractivity contribution in [3.8, 4) is 0 Å². The van der Waals surface area contributed by atoms with Gasteiger partial charge in [0.25, 0.3) is 0 Å². The number of anilines is 1. The Morgan fingerprint density at radius 2 is 1.70 bits per heavy atom. The summed E-state index contributed by atoms with van der Waals surface area (Å²) in [5.41, 5.74) is 2.69. The van der Waals surface area contributed by atoms with Crippen molar-refractivity contribution in [3.05, 3.63) is 29.8 Å². The molecule has 0 bridgehead atoms. The first-order valence-electron chi connectivity index (χ1n) is 7.81. The number of nitrogens with zero attached hydrogens (tertiary/aromatic N) is 2. The lowest BCUT2D eigenvalue weighted by Crippen LogP contribution is -2.27. The molecule has 0 aliphatic heterocycles. The first-order chi connectivity index (χ1) is 9.58. The van der Waals surface area contributed by atoms with Crippen LogP contribution in [0.4, 0.5) is 5.69 Å². The predicted octanol–water partition coefficient (Wildman–Crippen LogP) is 3.14. The summed E-state index contributed by atoms with van der Waals surface area (Å²) in [6, 6.07) is 9.43. The van der Waals surface area contributed by atoms with Crippen LogP contribution in [0.15, 0.2) is 24.3 Å². The van der Waals surface area contributed by atoms with Gasteiger partial charge >= 0.3 is 0 Å². The molecule has 114 valence electrons. The van der Waals surface area contributed by atoms with Crippen LogP contribution in [0.5, 0.6) is 0 Å². The minimum Gasteiger partial charge on any atom is -0.372 e. The van der Waals surface area contributed by atoms with Crippen LogP contribution >= 0.6 is 0 Å². The van der Waals surface area contributed by atoms with E-state index in [9.17, 15) is 0 Å². The molecular formula is C17H31N3. The van der Waals surface area contributed by atoms with Crippen LogP contribution < -0.4 is 10.2 Å². The van der Waals surface area contributed by atoms with E-state index in [0.29, 0.717) is 6.04 Å². The standard InChI is InChI=1S/C17H31N3/c1-6-18-15(3)16-9-11-17(12-10-16)20(7-2)14-8-13-19(4)5/h9-12,15,18H,6-8,13-14H2,1-5H3. The van der Waals surface area contributed by atoms with Crippen LogP contribution in [0, 0.1) is 0 Å². The Kier molecular flexibility index (Phi) is 7.63. The van der Waals surface area contributed by atoms with Crippen LogP contribution in [0.25, 0.3) is 0 Å². The molecule has 0 saturated carbocycles. The first kappa shape index (κ1) is 17.0. The Morgan fingerprint density at radius 1 is 1.05 bits per heavy atom. The molecule has 0 saturated heterocycles. The third-order valence-corrected chi connectivity index (χ3v) is 3.68. The maximum Gasteiger partial charge on any atom is 0.0366 e. The highest BCUT2D eigenvalue weighted by molar-refractivity contribution is 5.47. The van der Waals surface area contributed by atoms with E-state index >= 15 is 0 Å². The van der Waals surface area contributed by atoms with Crippen molar-refractivity contribution in [1.82, 2.24) is 10.2 Å². The fourth-order valence-corrected chi connectivity index (χ4v) is 2.45. The molecular weight excluding hydrogens is 246 g/mol. The van der Waals surface area contributed by atoms with Crippen molar-refractivity contribution in [2.24, 2.45) is 0 Å². The molecule has 3 heteroatoms. The Morgan fingerprint density at radius 3 is 2.20 bits per heavy atom. The van der Waals surface area contributed by atoms with E-state index in [1.54, 1.807) is 0 Å². The van der Waals surface area contributed by atoms with Gasteiger partial charge in [-0.05, 0) is 65.1 Å². The number of hydrogen-bond acceptors (Lipinski definition) is 3. The lowest BCUT2D eigenvalue weighted by molar-refractivity contribution is 0.400. The molecule has 0 aliphatic carbocycles. The quantitative estimate of drug-likeness (QED) is 0.748. The smallest absolute Gasteiger partial charge is 0.0366 e. The van der Waals surface area contributed by atoms with Gasteiger partial charge < -0.3 is 15.1 Å². The Labute approximate surface area is 125 Å². The Hall–Kier alpha value is -1.06. The summed E-state index contributed by atoms with van der Waals surface area (Å²) in [6.07, 6.45) is 1.20. The average molecular weight is 277 g/mol. The second kappa shape index (κ2) is 8.98. The summed E-state index contributed by atoms with van der Waals surface area (Å²) in [6.45, 7) is 10.9. The fourth-order valence-electron chi connectivity index (χ4n) is 2.45. The van der Waals surface area contributed by atoms with Crippen LogP contribution in [0.3, 0.4) is 0 Å². The number of nitrogens with one attached hydrogen (secondary N) is 1. The molecule has 1 aromatic rings. The van der Waals surface area contributed by atoms with Gasteiger partial charge in [-0.15, -0.1) is 0 Å². The molecule has 0 spiro atoms. The molecule has 0 fully saturated rings. The van der Waals surface area contributed by atoms with Gasteiger partial charge in [-0.25, -0.2) is 0 Å². The Balaban J connectivity index is 2.60. The maximum atomic E-state index is 3.45. The summed E-state index contributed by atoms with van der Waals surface area (Å²) < 4.78 is 0. The summed E-state index contributed by atoms with van der Waals surface area (Å²) in [7, 11) is 4.26. The van der Waals surface area contributed by atoms with Crippen LogP contribution in [-0.4, -0.2) is 45.2 Å². The number of hydrogen-bond donors (Lipinski definition) is 1. The van der Waals surface area contributed by atoms with Gasteiger partial charge in [0.05, 0.1) is 0 Å². The SMILES string of the molecule is CCNC(C)c1ccc(N(CC)CCCN(C)C)cc1. The highest BCUT2D eigenvalue weighted by Gasteiger charge is 2.07.